The van der Waals surface area contributed by atoms with Crippen LogP contribution in [-0.2, 0) is 36.5 Å². The van der Waals surface area contributed by atoms with Crippen molar-refractivity contribution < 1.29 is 19.7 Å². The van der Waals surface area contributed by atoms with Crippen LogP contribution < -0.4 is 9.47 Å². The Balaban J connectivity index is 2.03. The van der Waals surface area contributed by atoms with Gasteiger partial charge in [0.25, 0.3) is 0 Å². The zero-order valence-corrected chi connectivity index (χ0v) is 36.7. The van der Waals surface area contributed by atoms with Gasteiger partial charge in [-0.25, -0.2) is 0 Å². The van der Waals surface area contributed by atoms with Crippen LogP contribution in [-0.4, -0.2) is 23.4 Å². The number of rotatable bonds is 8. The molecule has 0 radical (unpaired) electrons. The number of fused-ring (bicyclic) bond motifs is 8. The summed E-state index contributed by atoms with van der Waals surface area (Å²) in [5.74, 6) is 1.01. The molecule has 1 aliphatic carbocycles. The summed E-state index contributed by atoms with van der Waals surface area (Å²) in [5, 5.41) is 85.1. The Kier molecular flexibility index (Phi) is 13.8. The van der Waals surface area contributed by atoms with E-state index < -0.39 is 0 Å². The minimum Gasteiger partial charge on any atom is -0.507 e. The minimum atomic E-state index is -0.378. The van der Waals surface area contributed by atoms with Crippen molar-refractivity contribution in [3.63, 3.8) is 0 Å². The van der Waals surface area contributed by atoms with Crippen LogP contribution in [0.1, 0.15) is 135 Å². The number of nitrogens with zero attached hydrogens (tertiary/aromatic N) is 6. The lowest BCUT2D eigenvalue weighted by Crippen LogP contribution is -2.15. The summed E-state index contributed by atoms with van der Waals surface area (Å²) >= 11 is 0. The van der Waals surface area contributed by atoms with Crippen LogP contribution in [0, 0.1) is 68.0 Å². The molecule has 62 heavy (non-hydrogen) atoms. The number of nitriles is 6. The molecule has 0 fully saturated rings. The maximum Gasteiger partial charge on any atom is 0.148 e. The predicted molar refractivity (Wildman–Crippen MR) is 237 cm³/mol. The highest BCUT2D eigenvalue weighted by molar-refractivity contribution is 5.86. The van der Waals surface area contributed by atoms with Gasteiger partial charge >= 0.3 is 0 Å². The molecule has 2 N–H and O–H groups in total. The van der Waals surface area contributed by atoms with Gasteiger partial charge in [-0.15, -0.1) is 0 Å². The van der Waals surface area contributed by atoms with Crippen LogP contribution in [0.4, 0.5) is 0 Å². The van der Waals surface area contributed by atoms with E-state index in [0.717, 1.165) is 11.1 Å². The molecular formula is C52H50N6O4. The molecule has 0 atom stereocenters. The molecule has 0 amide bonds. The summed E-state index contributed by atoms with van der Waals surface area (Å²) < 4.78 is 13.1. The first-order chi connectivity index (χ1) is 29.5. The molecule has 8 bridgehead atoms. The van der Waals surface area contributed by atoms with Crippen molar-refractivity contribution in [2.24, 2.45) is 0 Å². The topological polar surface area (TPSA) is 202 Å². The quantitative estimate of drug-likeness (QED) is 0.142. The van der Waals surface area contributed by atoms with Gasteiger partial charge in [-0.3, -0.25) is 0 Å². The molecule has 0 aromatic heterocycles. The number of hydrogen-bond acceptors (Lipinski definition) is 10. The lowest BCUT2D eigenvalue weighted by atomic mass is 9.81. The van der Waals surface area contributed by atoms with Crippen LogP contribution in [0.15, 0.2) is 59.7 Å². The second-order valence-corrected chi connectivity index (χ2v) is 17.6. The molecule has 1 aliphatic rings. The normalized spacial score (nSPS) is 11.9. The highest BCUT2D eigenvalue weighted by Crippen LogP contribution is 2.43. The zero-order valence-electron chi connectivity index (χ0n) is 36.7. The number of ether oxygens (including phenoxy) is 2. The Hall–Kier alpha value is -7.50. The van der Waals surface area contributed by atoms with Gasteiger partial charge < -0.3 is 19.7 Å². The van der Waals surface area contributed by atoms with Gasteiger partial charge in [0.15, 0.2) is 0 Å². The molecule has 0 spiro atoms. The first-order valence-electron chi connectivity index (χ1n) is 20.6. The summed E-state index contributed by atoms with van der Waals surface area (Å²) in [6.45, 7) is 17.1. The number of aromatic hydroxyl groups is 2. The lowest BCUT2D eigenvalue weighted by molar-refractivity contribution is 0.311. The van der Waals surface area contributed by atoms with Crippen LogP contribution >= 0.6 is 0 Å². The summed E-state index contributed by atoms with van der Waals surface area (Å²) in [6, 6.07) is 26.3. The number of phenols is 2. The average Bonchev–Trinajstić information content (AvgIpc) is 3.22. The largest absolute Gasteiger partial charge is 0.507 e. The average molecular weight is 823 g/mol. The highest BCUT2D eigenvalue weighted by Gasteiger charge is 2.27. The fourth-order valence-corrected chi connectivity index (χ4v) is 7.65. The van der Waals surface area contributed by atoms with E-state index in [2.05, 4.69) is 53.7 Å². The number of hydrogen-bond donors (Lipinski definition) is 2. The molecule has 0 saturated carbocycles. The summed E-state index contributed by atoms with van der Waals surface area (Å²) in [4.78, 5) is 0. The van der Waals surface area contributed by atoms with Crippen molar-refractivity contribution >= 4 is 11.1 Å². The molecule has 0 aliphatic heterocycles. The van der Waals surface area contributed by atoms with Gasteiger partial charge in [0.2, 0.25) is 0 Å². The Morgan fingerprint density at radius 2 is 0.742 bits per heavy atom. The van der Waals surface area contributed by atoms with Gasteiger partial charge in [0.05, 0.1) is 24.4 Å². The van der Waals surface area contributed by atoms with Gasteiger partial charge in [0.1, 0.15) is 70.6 Å². The smallest absolute Gasteiger partial charge is 0.148 e. The second-order valence-electron chi connectivity index (χ2n) is 17.6. The molecular weight excluding hydrogens is 773 g/mol. The number of benzene rings is 4. The molecule has 10 nitrogen and oxygen atoms in total. The monoisotopic (exact) mass is 822 g/mol. The maximum atomic E-state index is 12.4. The van der Waals surface area contributed by atoms with Crippen LogP contribution in [0.2, 0.25) is 0 Å². The van der Waals surface area contributed by atoms with E-state index in [-0.39, 0.29) is 70.3 Å². The molecule has 312 valence electrons. The highest BCUT2D eigenvalue weighted by atomic mass is 16.5. The van der Waals surface area contributed by atoms with Crippen molar-refractivity contribution in [2.75, 3.05) is 13.2 Å². The van der Waals surface area contributed by atoms with Crippen molar-refractivity contribution in [3.8, 4) is 59.4 Å². The van der Waals surface area contributed by atoms with Crippen molar-refractivity contribution in [2.45, 2.75) is 105 Å². The number of phenolic OH excluding ortho intramolecular Hbond substituents is 2. The van der Waals surface area contributed by atoms with Crippen LogP contribution in [0.25, 0.3) is 11.1 Å². The third kappa shape index (κ3) is 9.59. The van der Waals surface area contributed by atoms with E-state index in [1.165, 1.54) is 0 Å². The van der Waals surface area contributed by atoms with E-state index in [9.17, 15) is 41.8 Å². The van der Waals surface area contributed by atoms with Crippen molar-refractivity contribution in [3.05, 3.63) is 126 Å². The Labute approximate surface area is 365 Å². The first-order valence-corrected chi connectivity index (χ1v) is 20.6. The minimum absolute atomic E-state index is 0.0176. The molecule has 0 saturated heterocycles. The van der Waals surface area contributed by atoms with Crippen LogP contribution in [0.3, 0.4) is 0 Å². The molecule has 10 heteroatoms. The summed E-state index contributed by atoms with van der Waals surface area (Å²) in [5.41, 5.74) is 5.39. The van der Waals surface area contributed by atoms with Gasteiger partial charge in [0, 0.05) is 25.7 Å². The lowest BCUT2D eigenvalue weighted by Gasteiger charge is -2.26. The van der Waals surface area contributed by atoms with Crippen molar-refractivity contribution in [1.82, 2.24) is 0 Å². The molecule has 4 aromatic carbocycles. The predicted octanol–water partition coefficient (Wildman–Crippen LogP) is 10.6. The van der Waals surface area contributed by atoms with E-state index >= 15 is 0 Å². The summed E-state index contributed by atoms with van der Waals surface area (Å²) in [6.07, 6.45) is 1.83. The molecule has 0 heterocycles. The van der Waals surface area contributed by atoms with Crippen molar-refractivity contribution in [1.29, 1.82) is 31.6 Å². The van der Waals surface area contributed by atoms with E-state index in [0.29, 0.717) is 93.2 Å². The second kappa shape index (κ2) is 18.8. The van der Waals surface area contributed by atoms with Gasteiger partial charge in [-0.05, 0) is 115 Å². The van der Waals surface area contributed by atoms with E-state index in [1.54, 1.807) is 24.3 Å². The third-order valence-corrected chi connectivity index (χ3v) is 10.9. The van der Waals surface area contributed by atoms with Gasteiger partial charge in [-0.1, -0.05) is 79.7 Å². The van der Waals surface area contributed by atoms with Gasteiger partial charge in [-0.2, -0.15) is 31.6 Å². The standard InChI is InChI=1S/C52H50N6O4/c1-9-11-61-49-37-17-33-13-31(45(29-57)41(25-53)26-54)15-35(47(33)59)19-39-23-44(52(6,7)8)24-40(50(39)62-12-10-2)20-36-16-32(46(30-58)42(27-55)28-56)14-34(48(36)60)18-38(49)22-43(21-37)51(3,4)5/h13-16,21-24,59-60H,9-12,17-20H2,1-8H3. The SMILES string of the molecule is CCCOc1c2cc(C(C)(C)C)cc1Cc1cc(C(C#N)=C(C#N)C#N)cc(c1O)Cc1cc(C(C)(C)C)cc(c1OCCC)Cc1cc(C(C#N)=C(C#N)C#N)cc(c1O)C2. The molecule has 5 rings (SSSR count). The Morgan fingerprint density at radius 1 is 0.468 bits per heavy atom. The number of allylic oxidation sites excluding steroid dienone is 4. The van der Waals surface area contributed by atoms with E-state index in [4.69, 9.17) is 9.47 Å². The summed E-state index contributed by atoms with van der Waals surface area (Å²) in [7, 11) is 0. The Morgan fingerprint density at radius 3 is 0.952 bits per heavy atom. The molecule has 4 aromatic rings. The fourth-order valence-electron chi connectivity index (χ4n) is 7.65. The van der Waals surface area contributed by atoms with E-state index in [1.807, 2.05) is 62.4 Å². The maximum absolute atomic E-state index is 12.4. The molecule has 0 unspecified atom stereocenters. The first kappa shape index (κ1) is 45.6. The fraction of sp³-hybridized carbons (Fsp3) is 0.346. The Bertz CT molecular complexity index is 2450. The zero-order chi connectivity index (χ0) is 45.5. The van der Waals surface area contributed by atoms with Crippen LogP contribution in [0.5, 0.6) is 23.0 Å². The third-order valence-electron chi connectivity index (χ3n) is 10.9.